The average Bonchev–Trinajstić information content (AvgIpc) is 3.36. The zero-order valence-electron chi connectivity index (χ0n) is 19.0. The highest BCUT2D eigenvalue weighted by molar-refractivity contribution is 6.31. The van der Waals surface area contributed by atoms with Crippen LogP contribution in [0.5, 0.6) is 11.5 Å². The van der Waals surface area contributed by atoms with Crippen LogP contribution >= 0.6 is 11.6 Å². The molecule has 178 valence electrons. The molecule has 1 aromatic heterocycles. The van der Waals surface area contributed by atoms with Crippen LogP contribution in [0.4, 0.5) is 0 Å². The molecule has 1 aliphatic heterocycles. The molecule has 0 saturated heterocycles. The number of methoxy groups -OCH3 is 2. The van der Waals surface area contributed by atoms with Gasteiger partial charge in [-0.3, -0.25) is 9.59 Å². The number of carbonyl (C=O) groups excluding carboxylic acids is 2. The fourth-order valence-electron chi connectivity index (χ4n) is 4.04. The van der Waals surface area contributed by atoms with Gasteiger partial charge < -0.3 is 28.6 Å². The van der Waals surface area contributed by atoms with E-state index in [1.807, 2.05) is 6.92 Å². The summed E-state index contributed by atoms with van der Waals surface area (Å²) in [6.45, 7) is 2.67. The number of ether oxygens (including phenoxy) is 3. The van der Waals surface area contributed by atoms with Crippen molar-refractivity contribution in [3.8, 4) is 11.5 Å². The second-order valence-corrected chi connectivity index (χ2v) is 8.06. The predicted molar refractivity (Wildman–Crippen MR) is 126 cm³/mol. The molecule has 0 aliphatic carbocycles. The summed E-state index contributed by atoms with van der Waals surface area (Å²) < 4.78 is 21.9. The number of aliphatic hydroxyl groups is 1. The first-order valence-electron chi connectivity index (χ1n) is 10.7. The van der Waals surface area contributed by atoms with Crippen LogP contribution in [0.25, 0.3) is 11.0 Å². The fraction of sp³-hybridized carbons (Fsp3) is 0.280. The van der Waals surface area contributed by atoms with Crippen molar-refractivity contribution in [3.05, 3.63) is 70.1 Å². The molecule has 2 heterocycles. The highest BCUT2D eigenvalue weighted by Crippen LogP contribution is 2.42. The number of carbonyl (C=O) groups is 2. The number of aliphatic hydroxyl groups excluding tert-OH is 1. The minimum atomic E-state index is -0.878. The van der Waals surface area contributed by atoms with E-state index < -0.39 is 23.5 Å². The number of halogens is 1. The summed E-state index contributed by atoms with van der Waals surface area (Å²) in [7, 11) is 3.01. The molecule has 1 aliphatic rings. The van der Waals surface area contributed by atoms with Gasteiger partial charge in [0.1, 0.15) is 5.58 Å². The van der Waals surface area contributed by atoms with Gasteiger partial charge in [-0.25, -0.2) is 0 Å². The lowest BCUT2D eigenvalue weighted by molar-refractivity contribution is -0.130. The van der Waals surface area contributed by atoms with Gasteiger partial charge in [-0.05, 0) is 48.9 Å². The number of furan rings is 1. The molecule has 3 aromatic rings. The van der Waals surface area contributed by atoms with Crippen LogP contribution < -0.4 is 9.47 Å². The Morgan fingerprint density at radius 2 is 1.94 bits per heavy atom. The Labute approximate surface area is 201 Å². The number of benzene rings is 2. The summed E-state index contributed by atoms with van der Waals surface area (Å²) in [6, 6.07) is 10.8. The Morgan fingerprint density at radius 3 is 2.65 bits per heavy atom. The maximum atomic E-state index is 13.6. The second-order valence-electron chi connectivity index (χ2n) is 7.62. The Hall–Kier alpha value is -3.49. The molecule has 2 aromatic carbocycles. The fourth-order valence-corrected chi connectivity index (χ4v) is 4.22. The summed E-state index contributed by atoms with van der Waals surface area (Å²) in [5.74, 6) is -0.944. The smallest absolute Gasteiger partial charge is 0.290 e. The molecule has 0 radical (unpaired) electrons. The zero-order chi connectivity index (χ0) is 24.4. The summed E-state index contributed by atoms with van der Waals surface area (Å²) in [6.07, 6.45) is 0. The Morgan fingerprint density at radius 1 is 1.15 bits per heavy atom. The SMILES string of the molecule is CCOc1ccc(C2C(C(=O)c3cc4cc(Cl)ccc4o3)=C(O)C(=O)N2CCOC)cc1OC. The molecule has 0 saturated carbocycles. The van der Waals surface area contributed by atoms with E-state index in [2.05, 4.69) is 0 Å². The standard InChI is InChI=1S/C25H24ClNO7/c1-4-33-18-7-5-14(12-19(18)32-3)22-21(24(29)25(30)27(22)9-10-31-2)23(28)20-13-15-11-16(26)6-8-17(15)34-20/h5-8,11-13,22,29H,4,9-10H2,1-3H3. The maximum absolute atomic E-state index is 13.6. The number of amides is 1. The quantitative estimate of drug-likeness (QED) is 0.438. The number of ketones is 1. The van der Waals surface area contributed by atoms with Gasteiger partial charge in [0, 0.05) is 24.1 Å². The molecule has 1 amide bonds. The molecule has 9 heteroatoms. The van der Waals surface area contributed by atoms with E-state index in [9.17, 15) is 14.7 Å². The van der Waals surface area contributed by atoms with Crippen molar-refractivity contribution in [3.63, 3.8) is 0 Å². The molecule has 1 unspecified atom stereocenters. The van der Waals surface area contributed by atoms with Crippen LogP contribution in [-0.2, 0) is 9.53 Å². The lowest BCUT2D eigenvalue weighted by Crippen LogP contribution is -2.34. The van der Waals surface area contributed by atoms with Crippen molar-refractivity contribution in [2.75, 3.05) is 34.0 Å². The van der Waals surface area contributed by atoms with Crippen molar-refractivity contribution < 1.29 is 33.3 Å². The van der Waals surface area contributed by atoms with Gasteiger partial charge in [-0.2, -0.15) is 0 Å². The van der Waals surface area contributed by atoms with Crippen molar-refractivity contribution in [2.24, 2.45) is 0 Å². The summed E-state index contributed by atoms with van der Waals surface area (Å²) in [4.78, 5) is 28.0. The van der Waals surface area contributed by atoms with E-state index in [0.29, 0.717) is 39.7 Å². The Balaban J connectivity index is 1.81. The Bertz CT molecular complexity index is 1280. The van der Waals surface area contributed by atoms with E-state index in [1.54, 1.807) is 42.5 Å². The number of hydrogen-bond donors (Lipinski definition) is 1. The van der Waals surface area contributed by atoms with Gasteiger partial charge in [0.2, 0.25) is 5.78 Å². The van der Waals surface area contributed by atoms with Crippen molar-refractivity contribution in [2.45, 2.75) is 13.0 Å². The van der Waals surface area contributed by atoms with E-state index in [1.165, 1.54) is 19.1 Å². The number of fused-ring (bicyclic) bond motifs is 1. The molecular weight excluding hydrogens is 462 g/mol. The number of rotatable bonds is 9. The van der Waals surface area contributed by atoms with E-state index in [4.69, 9.17) is 30.2 Å². The highest BCUT2D eigenvalue weighted by Gasteiger charge is 2.44. The van der Waals surface area contributed by atoms with Crippen molar-refractivity contribution in [1.82, 2.24) is 4.90 Å². The van der Waals surface area contributed by atoms with Crippen LogP contribution in [-0.4, -0.2) is 55.7 Å². The molecular formula is C25H24ClNO7. The third kappa shape index (κ3) is 4.22. The van der Waals surface area contributed by atoms with E-state index in [-0.39, 0.29) is 24.5 Å². The largest absolute Gasteiger partial charge is 0.503 e. The molecule has 34 heavy (non-hydrogen) atoms. The lowest BCUT2D eigenvalue weighted by Gasteiger charge is -2.27. The summed E-state index contributed by atoms with van der Waals surface area (Å²) in [5.41, 5.74) is 0.946. The first kappa shape index (κ1) is 23.7. The van der Waals surface area contributed by atoms with Crippen LogP contribution in [0.3, 0.4) is 0 Å². The van der Waals surface area contributed by atoms with Crippen LogP contribution in [0.2, 0.25) is 5.02 Å². The van der Waals surface area contributed by atoms with Crippen molar-refractivity contribution >= 4 is 34.3 Å². The molecule has 0 spiro atoms. The summed E-state index contributed by atoms with van der Waals surface area (Å²) >= 11 is 6.05. The average molecular weight is 486 g/mol. The molecule has 4 rings (SSSR count). The van der Waals surface area contributed by atoms with Gasteiger partial charge in [-0.15, -0.1) is 0 Å². The minimum absolute atomic E-state index is 0.0110. The molecule has 0 fully saturated rings. The Kier molecular flexibility index (Phi) is 6.81. The topological polar surface area (TPSA) is 98.4 Å². The van der Waals surface area contributed by atoms with Gasteiger partial charge in [-0.1, -0.05) is 17.7 Å². The molecule has 0 bridgehead atoms. The zero-order valence-corrected chi connectivity index (χ0v) is 19.7. The highest BCUT2D eigenvalue weighted by atomic mass is 35.5. The monoisotopic (exact) mass is 485 g/mol. The second kappa shape index (κ2) is 9.79. The van der Waals surface area contributed by atoms with Gasteiger partial charge >= 0.3 is 0 Å². The normalized spacial score (nSPS) is 15.9. The van der Waals surface area contributed by atoms with Gasteiger partial charge in [0.25, 0.3) is 5.91 Å². The summed E-state index contributed by atoms with van der Waals surface area (Å²) in [5, 5.41) is 11.9. The van der Waals surface area contributed by atoms with E-state index >= 15 is 0 Å². The number of nitrogens with zero attached hydrogens (tertiary/aromatic N) is 1. The number of hydrogen-bond acceptors (Lipinski definition) is 7. The number of Topliss-reactive ketones (excluding diaryl/α,β-unsaturated/α-hetero) is 1. The first-order chi connectivity index (χ1) is 16.4. The van der Waals surface area contributed by atoms with Gasteiger partial charge in [0.15, 0.2) is 23.0 Å². The first-order valence-corrected chi connectivity index (χ1v) is 11.0. The van der Waals surface area contributed by atoms with Crippen molar-refractivity contribution in [1.29, 1.82) is 0 Å². The maximum Gasteiger partial charge on any atom is 0.290 e. The molecule has 1 atom stereocenters. The third-order valence-electron chi connectivity index (χ3n) is 5.59. The van der Waals surface area contributed by atoms with E-state index in [0.717, 1.165) is 0 Å². The minimum Gasteiger partial charge on any atom is -0.503 e. The molecule has 8 nitrogen and oxygen atoms in total. The third-order valence-corrected chi connectivity index (χ3v) is 5.83. The van der Waals surface area contributed by atoms with Crippen LogP contribution in [0, 0.1) is 0 Å². The predicted octanol–water partition coefficient (Wildman–Crippen LogP) is 4.72. The lowest BCUT2D eigenvalue weighted by atomic mass is 9.94. The van der Waals surface area contributed by atoms with Crippen LogP contribution in [0.15, 0.2) is 58.2 Å². The molecule has 1 N–H and O–H groups in total. The van der Waals surface area contributed by atoms with Gasteiger partial charge in [0.05, 0.1) is 31.9 Å². The van der Waals surface area contributed by atoms with Crippen LogP contribution in [0.1, 0.15) is 29.1 Å².